The Labute approximate surface area is 113 Å². The molecule has 19 heavy (non-hydrogen) atoms. The molecule has 0 spiro atoms. The maximum absolute atomic E-state index is 5.66. The highest BCUT2D eigenvalue weighted by atomic mass is 16.6. The minimum Gasteiger partial charge on any atom is -0.486 e. The third kappa shape index (κ3) is 2.41. The molecule has 0 radical (unpaired) electrons. The monoisotopic (exact) mass is 264 g/mol. The quantitative estimate of drug-likeness (QED) is 0.855. The summed E-state index contributed by atoms with van der Waals surface area (Å²) < 4.78 is 16.5. The van der Waals surface area contributed by atoms with Crippen molar-refractivity contribution in [3.05, 3.63) is 23.8 Å². The van der Waals surface area contributed by atoms with Crippen LogP contribution in [0.1, 0.15) is 18.4 Å². The van der Waals surface area contributed by atoms with Crippen molar-refractivity contribution in [3.63, 3.8) is 0 Å². The minimum absolute atomic E-state index is 0.266. The van der Waals surface area contributed by atoms with Gasteiger partial charge in [0.25, 0.3) is 0 Å². The first-order chi connectivity index (χ1) is 9.29. The van der Waals surface area contributed by atoms with Crippen LogP contribution in [0.4, 0.5) is 0 Å². The van der Waals surface area contributed by atoms with Gasteiger partial charge in [-0.05, 0) is 24.6 Å². The van der Waals surface area contributed by atoms with Gasteiger partial charge in [0.15, 0.2) is 11.5 Å². The van der Waals surface area contributed by atoms with Crippen LogP contribution in [0, 0.1) is 0 Å². The summed E-state index contributed by atoms with van der Waals surface area (Å²) in [7, 11) is 1.73. The summed E-state index contributed by atoms with van der Waals surface area (Å²) in [6, 6.07) is 6.82. The van der Waals surface area contributed by atoms with E-state index in [0.29, 0.717) is 31.8 Å². The Morgan fingerprint density at radius 2 is 2.00 bits per heavy atom. The Morgan fingerprint density at radius 3 is 2.79 bits per heavy atom. The van der Waals surface area contributed by atoms with Crippen LogP contribution in [-0.2, 0) is 4.74 Å². The van der Waals surface area contributed by atoms with Crippen molar-refractivity contribution in [3.8, 4) is 11.5 Å². The highest BCUT2D eigenvalue weighted by molar-refractivity contribution is 5.45. The van der Waals surface area contributed by atoms with Crippen molar-refractivity contribution in [1.29, 1.82) is 0 Å². The zero-order valence-corrected chi connectivity index (χ0v) is 11.3. The normalized spacial score (nSPS) is 29.5. The molecular formula is C14H20N2O3. The van der Waals surface area contributed by atoms with E-state index in [2.05, 4.69) is 29.9 Å². The molecule has 1 saturated heterocycles. The lowest BCUT2D eigenvalue weighted by Crippen LogP contribution is -2.35. The third-order valence-electron chi connectivity index (χ3n) is 3.77. The zero-order chi connectivity index (χ0) is 13.2. The lowest BCUT2D eigenvalue weighted by atomic mass is 9.88. The fraction of sp³-hybridized carbons (Fsp3) is 0.571. The molecule has 0 aromatic heterocycles. The second-order valence-corrected chi connectivity index (χ2v) is 5.07. The molecule has 2 N–H and O–H groups in total. The van der Waals surface area contributed by atoms with Gasteiger partial charge >= 0.3 is 0 Å². The van der Waals surface area contributed by atoms with E-state index in [1.807, 2.05) is 6.07 Å². The molecule has 5 heteroatoms. The van der Waals surface area contributed by atoms with Gasteiger partial charge in [-0.3, -0.25) is 10.9 Å². The van der Waals surface area contributed by atoms with Crippen LogP contribution in [0.3, 0.4) is 0 Å². The maximum atomic E-state index is 5.66. The molecule has 2 aliphatic heterocycles. The Balaban J connectivity index is 1.87. The third-order valence-corrected chi connectivity index (χ3v) is 3.77. The van der Waals surface area contributed by atoms with Crippen LogP contribution < -0.4 is 20.3 Å². The van der Waals surface area contributed by atoms with Crippen LogP contribution in [0.25, 0.3) is 0 Å². The fourth-order valence-electron chi connectivity index (χ4n) is 2.88. The summed E-state index contributed by atoms with van der Waals surface area (Å²) in [5.41, 5.74) is 7.82. The molecule has 3 rings (SSSR count). The van der Waals surface area contributed by atoms with Crippen LogP contribution in [0.5, 0.6) is 11.5 Å². The molecule has 0 bridgehead atoms. The first-order valence-corrected chi connectivity index (χ1v) is 6.69. The average Bonchev–Trinajstić information content (AvgIpc) is 2.80. The first kappa shape index (κ1) is 12.7. The van der Waals surface area contributed by atoms with Gasteiger partial charge in [0.1, 0.15) is 13.2 Å². The molecule has 0 amide bonds. The summed E-state index contributed by atoms with van der Waals surface area (Å²) in [5.74, 6) is 2.04. The van der Waals surface area contributed by atoms with Crippen molar-refractivity contribution < 1.29 is 14.2 Å². The van der Waals surface area contributed by atoms with Gasteiger partial charge in [-0.15, -0.1) is 0 Å². The Bertz CT molecular complexity index is 450. The van der Waals surface area contributed by atoms with E-state index in [0.717, 1.165) is 11.5 Å². The molecule has 2 aliphatic rings. The Kier molecular flexibility index (Phi) is 3.59. The second-order valence-electron chi connectivity index (χ2n) is 5.07. The summed E-state index contributed by atoms with van der Waals surface area (Å²) in [6.45, 7) is 4.09. The van der Waals surface area contributed by atoms with E-state index in [1.54, 1.807) is 7.11 Å². The van der Waals surface area contributed by atoms with E-state index in [1.165, 1.54) is 5.56 Å². The Morgan fingerprint density at radius 1 is 1.21 bits per heavy atom. The molecule has 1 fully saturated rings. The summed E-state index contributed by atoms with van der Waals surface area (Å²) in [4.78, 5) is 0. The molecule has 0 saturated carbocycles. The van der Waals surface area contributed by atoms with Crippen molar-refractivity contribution >= 4 is 0 Å². The highest BCUT2D eigenvalue weighted by Crippen LogP contribution is 2.36. The smallest absolute Gasteiger partial charge is 0.161 e. The standard InChI is InChI=1S/C14H20N2O3/c1-9-14(11(8-17-2)16-15-9)10-3-4-12-13(7-10)19-6-5-18-12/h3-4,7,9,11,14-16H,5-6,8H2,1-2H3. The summed E-state index contributed by atoms with van der Waals surface area (Å²) in [5, 5.41) is 0. The minimum atomic E-state index is 0.266. The topological polar surface area (TPSA) is 51.8 Å². The van der Waals surface area contributed by atoms with Crippen molar-refractivity contribution in [2.45, 2.75) is 24.9 Å². The van der Waals surface area contributed by atoms with Crippen LogP contribution in [-0.4, -0.2) is 39.0 Å². The summed E-state index contributed by atoms with van der Waals surface area (Å²) >= 11 is 0. The van der Waals surface area contributed by atoms with Crippen molar-refractivity contribution in [1.82, 2.24) is 10.9 Å². The van der Waals surface area contributed by atoms with Crippen LogP contribution in [0.15, 0.2) is 18.2 Å². The molecule has 104 valence electrons. The molecule has 5 nitrogen and oxygen atoms in total. The molecule has 1 aromatic rings. The van der Waals surface area contributed by atoms with Gasteiger partial charge in [0, 0.05) is 19.1 Å². The molecular weight excluding hydrogens is 244 g/mol. The van der Waals surface area contributed by atoms with Crippen molar-refractivity contribution in [2.24, 2.45) is 0 Å². The lowest BCUT2D eigenvalue weighted by molar-refractivity contribution is 0.164. The number of nitrogens with one attached hydrogen (secondary N) is 2. The molecule has 3 atom stereocenters. The van der Waals surface area contributed by atoms with Gasteiger partial charge in [-0.2, -0.15) is 0 Å². The highest BCUT2D eigenvalue weighted by Gasteiger charge is 2.34. The number of benzene rings is 1. The SMILES string of the molecule is COCC1NNC(C)C1c1ccc2c(c1)OCCO2. The number of fused-ring (bicyclic) bond motifs is 1. The van der Waals surface area contributed by atoms with E-state index in [9.17, 15) is 0 Å². The fourth-order valence-corrected chi connectivity index (χ4v) is 2.88. The predicted molar refractivity (Wildman–Crippen MR) is 71.6 cm³/mol. The van der Waals surface area contributed by atoms with Crippen LogP contribution in [0.2, 0.25) is 0 Å². The number of hydrogen-bond acceptors (Lipinski definition) is 5. The largest absolute Gasteiger partial charge is 0.486 e. The summed E-state index contributed by atoms with van der Waals surface area (Å²) in [6.07, 6.45) is 0. The van der Waals surface area contributed by atoms with Crippen molar-refractivity contribution in [2.75, 3.05) is 26.9 Å². The van der Waals surface area contributed by atoms with Gasteiger partial charge in [0.05, 0.1) is 12.6 Å². The predicted octanol–water partition coefficient (Wildman–Crippen LogP) is 1.05. The van der Waals surface area contributed by atoms with Gasteiger partial charge in [-0.25, -0.2) is 0 Å². The van der Waals surface area contributed by atoms with E-state index in [-0.39, 0.29) is 6.04 Å². The second kappa shape index (κ2) is 5.36. The molecule has 0 aliphatic carbocycles. The lowest BCUT2D eigenvalue weighted by Gasteiger charge is -2.24. The van der Waals surface area contributed by atoms with Gasteiger partial charge in [0.2, 0.25) is 0 Å². The molecule has 1 aromatic carbocycles. The van der Waals surface area contributed by atoms with E-state index in [4.69, 9.17) is 14.2 Å². The zero-order valence-electron chi connectivity index (χ0n) is 11.3. The van der Waals surface area contributed by atoms with Gasteiger partial charge in [-0.1, -0.05) is 6.07 Å². The number of methoxy groups -OCH3 is 1. The number of ether oxygens (including phenoxy) is 3. The molecule has 2 heterocycles. The van der Waals surface area contributed by atoms with E-state index < -0.39 is 0 Å². The van der Waals surface area contributed by atoms with Gasteiger partial charge < -0.3 is 14.2 Å². The first-order valence-electron chi connectivity index (χ1n) is 6.69. The number of hydrogen-bond donors (Lipinski definition) is 2. The number of hydrazine groups is 1. The number of rotatable bonds is 3. The Hall–Kier alpha value is -1.30. The van der Waals surface area contributed by atoms with Crippen LogP contribution >= 0.6 is 0 Å². The molecule has 3 unspecified atom stereocenters. The van der Waals surface area contributed by atoms with E-state index >= 15 is 0 Å². The average molecular weight is 264 g/mol. The maximum Gasteiger partial charge on any atom is 0.161 e.